The lowest BCUT2D eigenvalue weighted by Crippen LogP contribution is -2.52. The number of hydrogen-bond donors (Lipinski definition) is 3. The average molecular weight is 617 g/mol. The van der Waals surface area contributed by atoms with Crippen LogP contribution in [0.4, 0.5) is 43.4 Å². The summed E-state index contributed by atoms with van der Waals surface area (Å²) in [6.45, 7) is 5.42. The average Bonchev–Trinajstić information content (AvgIpc) is 2.96. The van der Waals surface area contributed by atoms with Crippen LogP contribution in [0, 0.1) is 0 Å². The van der Waals surface area contributed by atoms with Crippen molar-refractivity contribution in [1.82, 2.24) is 4.90 Å². The van der Waals surface area contributed by atoms with Crippen molar-refractivity contribution < 1.29 is 46.3 Å². The highest BCUT2D eigenvalue weighted by molar-refractivity contribution is 5.81. The lowest BCUT2D eigenvalue weighted by atomic mass is 9.92. The zero-order valence-electron chi connectivity index (χ0n) is 23.2. The first kappa shape index (κ1) is 32.4. The Balaban J connectivity index is 1.28. The predicted octanol–water partition coefficient (Wildman–Crippen LogP) is 6.34. The van der Waals surface area contributed by atoms with Gasteiger partial charge in [0.2, 0.25) is 0 Å². The van der Waals surface area contributed by atoms with E-state index in [-0.39, 0.29) is 23.7 Å². The number of amides is 1. The van der Waals surface area contributed by atoms with Crippen LogP contribution in [-0.2, 0) is 21.9 Å². The van der Waals surface area contributed by atoms with E-state index < -0.39 is 40.5 Å². The van der Waals surface area contributed by atoms with E-state index in [1.54, 1.807) is 11.0 Å². The fourth-order valence-electron chi connectivity index (χ4n) is 5.45. The predicted molar refractivity (Wildman–Crippen MR) is 147 cm³/mol. The van der Waals surface area contributed by atoms with E-state index in [2.05, 4.69) is 11.9 Å². The van der Waals surface area contributed by atoms with Crippen molar-refractivity contribution in [2.45, 2.75) is 62.7 Å². The SMILES string of the molecule is C=CCC(OC1CCC(Nc2ccc(N(O)O)c(C(F)(F)F)c2)CC1)C(=O)N1CCN(c2ccc(C(F)(F)F)cc2)CC1. The summed E-state index contributed by atoms with van der Waals surface area (Å²) in [5, 5.41) is 20.8. The number of halogens is 6. The highest BCUT2D eigenvalue weighted by atomic mass is 19.4. The van der Waals surface area contributed by atoms with Crippen molar-refractivity contribution in [2.24, 2.45) is 0 Å². The number of hydrogen-bond acceptors (Lipinski definition) is 7. The molecular weight excluding hydrogens is 582 g/mol. The second kappa shape index (κ2) is 13.4. The van der Waals surface area contributed by atoms with Crippen molar-refractivity contribution >= 4 is 23.0 Å². The van der Waals surface area contributed by atoms with Gasteiger partial charge in [0.25, 0.3) is 5.91 Å². The molecule has 3 N–H and O–H groups in total. The summed E-state index contributed by atoms with van der Waals surface area (Å²) in [7, 11) is 0. The number of carbonyl (C=O) groups excluding carboxylic acids is 1. The second-order valence-corrected chi connectivity index (χ2v) is 10.6. The van der Waals surface area contributed by atoms with Crippen molar-refractivity contribution in [3.8, 4) is 0 Å². The van der Waals surface area contributed by atoms with Gasteiger partial charge in [-0.25, -0.2) is 0 Å². The molecule has 1 aliphatic heterocycles. The van der Waals surface area contributed by atoms with E-state index >= 15 is 0 Å². The first-order chi connectivity index (χ1) is 20.3. The highest BCUT2D eigenvalue weighted by Gasteiger charge is 2.36. The number of benzene rings is 2. The van der Waals surface area contributed by atoms with Gasteiger partial charge in [0.1, 0.15) is 11.8 Å². The normalized spacial score (nSPS) is 20.5. The van der Waals surface area contributed by atoms with Crippen LogP contribution in [0.1, 0.15) is 43.2 Å². The van der Waals surface area contributed by atoms with Crippen LogP contribution < -0.4 is 15.4 Å². The lowest BCUT2D eigenvalue weighted by molar-refractivity contribution is -0.149. The Labute approximate surface area is 245 Å². The van der Waals surface area contributed by atoms with E-state index in [1.165, 1.54) is 18.2 Å². The second-order valence-electron chi connectivity index (χ2n) is 10.6. The summed E-state index contributed by atoms with van der Waals surface area (Å²) < 4.78 is 84.9. The molecule has 2 aromatic rings. The first-order valence-electron chi connectivity index (χ1n) is 13.9. The van der Waals surface area contributed by atoms with E-state index in [0.717, 1.165) is 24.3 Å². The number of rotatable bonds is 9. The quantitative estimate of drug-likeness (QED) is 0.172. The number of nitrogens with zero attached hydrogens (tertiary/aromatic N) is 3. The Bertz CT molecular complexity index is 1240. The van der Waals surface area contributed by atoms with E-state index in [4.69, 9.17) is 15.2 Å². The largest absolute Gasteiger partial charge is 0.418 e. The molecule has 236 valence electrons. The standard InChI is InChI=1S/C29H34F6N4O4/c1-2-3-26(27(40)38-16-14-37(15-17-38)22-9-4-19(5-10-22)28(30,31)32)43-23-11-6-20(7-12-23)36-21-8-13-25(39(41)42)24(18-21)29(33,34)35/h2,4-5,8-10,13,18,20,23,26,36,41-42H,1,3,6-7,11-12,14-17H2. The molecule has 0 spiro atoms. The molecule has 2 aliphatic rings. The van der Waals surface area contributed by atoms with Crippen molar-refractivity contribution in [3.63, 3.8) is 0 Å². The van der Waals surface area contributed by atoms with Crippen LogP contribution in [0.3, 0.4) is 0 Å². The summed E-state index contributed by atoms with van der Waals surface area (Å²) >= 11 is 0. The fourth-order valence-corrected chi connectivity index (χ4v) is 5.45. The minimum atomic E-state index is -4.79. The Morgan fingerprint density at radius 3 is 2.14 bits per heavy atom. The van der Waals surface area contributed by atoms with Crippen molar-refractivity contribution in [1.29, 1.82) is 0 Å². The first-order valence-corrected chi connectivity index (χ1v) is 13.9. The zero-order valence-corrected chi connectivity index (χ0v) is 23.2. The Morgan fingerprint density at radius 1 is 0.977 bits per heavy atom. The highest BCUT2D eigenvalue weighted by Crippen LogP contribution is 2.38. The molecule has 0 radical (unpaired) electrons. The molecule has 1 unspecified atom stereocenters. The van der Waals surface area contributed by atoms with Crippen molar-refractivity contribution in [2.75, 3.05) is 41.6 Å². The molecule has 14 heteroatoms. The van der Waals surface area contributed by atoms with E-state index in [1.807, 2.05) is 4.90 Å². The van der Waals surface area contributed by atoms with Gasteiger partial charge >= 0.3 is 12.4 Å². The number of carbonyl (C=O) groups is 1. The minimum Gasteiger partial charge on any atom is -0.382 e. The molecule has 1 saturated heterocycles. The van der Waals surface area contributed by atoms with Gasteiger partial charge < -0.3 is 19.9 Å². The lowest BCUT2D eigenvalue weighted by Gasteiger charge is -2.38. The van der Waals surface area contributed by atoms with Crippen LogP contribution in [-0.4, -0.2) is 65.7 Å². The molecule has 4 rings (SSSR count). The maximum atomic E-state index is 13.4. The molecule has 1 saturated carbocycles. The van der Waals surface area contributed by atoms with Crippen LogP contribution >= 0.6 is 0 Å². The molecule has 2 fully saturated rings. The zero-order chi connectivity index (χ0) is 31.4. The van der Waals surface area contributed by atoms with E-state index in [0.29, 0.717) is 64.0 Å². The summed E-state index contributed by atoms with van der Waals surface area (Å²) in [6.07, 6.45) is -5.94. The van der Waals surface area contributed by atoms with Gasteiger partial charge in [-0.05, 0) is 68.1 Å². The van der Waals surface area contributed by atoms with Gasteiger partial charge in [-0.3, -0.25) is 15.2 Å². The third-order valence-corrected chi connectivity index (χ3v) is 7.73. The Morgan fingerprint density at radius 2 is 1.60 bits per heavy atom. The molecule has 8 nitrogen and oxygen atoms in total. The summed E-state index contributed by atoms with van der Waals surface area (Å²) in [5.41, 5.74) is -1.85. The summed E-state index contributed by atoms with van der Waals surface area (Å²) in [6, 6.07) is 7.93. The fraction of sp³-hybridized carbons (Fsp3) is 0.483. The number of piperazine rings is 1. The maximum Gasteiger partial charge on any atom is 0.418 e. The molecule has 1 amide bonds. The molecule has 1 atom stereocenters. The van der Waals surface area contributed by atoms with Crippen LogP contribution in [0.2, 0.25) is 0 Å². The molecule has 0 bridgehead atoms. The van der Waals surface area contributed by atoms with Gasteiger partial charge in [0.05, 0.1) is 17.2 Å². The Kier molecular flexibility index (Phi) is 10.1. The Hall–Kier alpha value is -3.49. The third-order valence-electron chi connectivity index (χ3n) is 7.73. The molecule has 0 aromatic heterocycles. The van der Waals surface area contributed by atoms with Crippen LogP contribution in [0.15, 0.2) is 55.1 Å². The molecule has 43 heavy (non-hydrogen) atoms. The number of nitrogens with one attached hydrogen (secondary N) is 1. The van der Waals surface area contributed by atoms with Gasteiger partial charge in [-0.2, -0.15) is 26.3 Å². The topological polar surface area (TPSA) is 88.5 Å². The number of anilines is 3. The summed E-state index contributed by atoms with van der Waals surface area (Å²) in [5.74, 6) is -0.186. The molecule has 1 aliphatic carbocycles. The van der Waals surface area contributed by atoms with Crippen LogP contribution in [0.25, 0.3) is 0 Å². The molecule has 2 aromatic carbocycles. The smallest absolute Gasteiger partial charge is 0.382 e. The van der Waals surface area contributed by atoms with Crippen LogP contribution in [0.5, 0.6) is 0 Å². The molecular formula is C29H34F6N4O4. The van der Waals surface area contributed by atoms with Gasteiger partial charge in [0.15, 0.2) is 0 Å². The third kappa shape index (κ3) is 8.33. The van der Waals surface area contributed by atoms with Crippen molar-refractivity contribution in [3.05, 3.63) is 66.2 Å². The molecule has 1 heterocycles. The monoisotopic (exact) mass is 616 g/mol. The number of alkyl halides is 6. The maximum absolute atomic E-state index is 13.4. The summed E-state index contributed by atoms with van der Waals surface area (Å²) in [4.78, 5) is 16.9. The van der Waals surface area contributed by atoms with Gasteiger partial charge in [-0.15, -0.1) is 11.8 Å². The van der Waals surface area contributed by atoms with Gasteiger partial charge in [0, 0.05) is 50.0 Å². The number of ether oxygens (including phenoxy) is 1. The van der Waals surface area contributed by atoms with E-state index in [9.17, 15) is 31.1 Å². The van der Waals surface area contributed by atoms with Gasteiger partial charge in [-0.1, -0.05) is 6.08 Å². The minimum absolute atomic E-state index is 0.141.